The first-order valence-corrected chi connectivity index (χ1v) is 5.84. The molecule has 0 fully saturated rings. The molecule has 3 heteroatoms. The quantitative estimate of drug-likeness (QED) is 0.780. The Morgan fingerprint density at radius 1 is 1.50 bits per heavy atom. The van der Waals surface area contributed by atoms with Crippen LogP contribution in [0.4, 0.5) is 5.69 Å². The number of rotatable bonds is 1. The normalized spacial score (nSPS) is 22.4. The number of benzene rings is 1. The van der Waals surface area contributed by atoms with E-state index in [-0.39, 0.29) is 11.7 Å². The standard InChI is InChI=1S/C13H15NO2/c1-2-8-5-9-3-4-11(15)10-6-12(16)14(7-8)13(9)10/h3-4,8,15H,2,5-7H2,1H3. The molecular weight excluding hydrogens is 202 g/mol. The molecule has 1 aromatic carbocycles. The monoisotopic (exact) mass is 217 g/mol. The molecule has 0 radical (unpaired) electrons. The fraction of sp³-hybridized carbons (Fsp3) is 0.462. The van der Waals surface area contributed by atoms with E-state index in [1.54, 1.807) is 6.07 Å². The van der Waals surface area contributed by atoms with Crippen LogP contribution in [0, 0.1) is 5.92 Å². The molecule has 1 N–H and O–H groups in total. The van der Waals surface area contributed by atoms with Crippen molar-refractivity contribution in [3.8, 4) is 5.75 Å². The summed E-state index contributed by atoms with van der Waals surface area (Å²) in [7, 11) is 0. The molecule has 2 aliphatic rings. The molecule has 1 unspecified atom stereocenters. The zero-order valence-corrected chi connectivity index (χ0v) is 9.36. The van der Waals surface area contributed by atoms with Crippen LogP contribution < -0.4 is 4.90 Å². The number of amides is 1. The van der Waals surface area contributed by atoms with Crippen molar-refractivity contribution >= 4 is 11.6 Å². The lowest BCUT2D eigenvalue weighted by molar-refractivity contribution is -0.117. The topological polar surface area (TPSA) is 40.5 Å². The summed E-state index contributed by atoms with van der Waals surface area (Å²) in [6, 6.07) is 3.69. The van der Waals surface area contributed by atoms with Crippen molar-refractivity contribution in [2.24, 2.45) is 5.92 Å². The van der Waals surface area contributed by atoms with Gasteiger partial charge in [-0.2, -0.15) is 0 Å². The Morgan fingerprint density at radius 3 is 3.06 bits per heavy atom. The number of carbonyl (C=O) groups excluding carboxylic acids is 1. The van der Waals surface area contributed by atoms with Crippen molar-refractivity contribution in [3.63, 3.8) is 0 Å². The van der Waals surface area contributed by atoms with Crippen LogP contribution in [0.5, 0.6) is 5.75 Å². The van der Waals surface area contributed by atoms with Crippen LogP contribution in [-0.2, 0) is 17.6 Å². The Hall–Kier alpha value is -1.51. The van der Waals surface area contributed by atoms with Gasteiger partial charge in [-0.3, -0.25) is 4.79 Å². The first-order chi connectivity index (χ1) is 7.70. The Morgan fingerprint density at radius 2 is 2.31 bits per heavy atom. The van der Waals surface area contributed by atoms with Gasteiger partial charge in [-0.25, -0.2) is 0 Å². The van der Waals surface area contributed by atoms with E-state index in [4.69, 9.17) is 0 Å². The maximum absolute atomic E-state index is 11.9. The van der Waals surface area contributed by atoms with E-state index in [0.717, 1.165) is 30.6 Å². The summed E-state index contributed by atoms with van der Waals surface area (Å²) in [5, 5.41) is 9.76. The van der Waals surface area contributed by atoms with E-state index in [2.05, 4.69) is 6.92 Å². The van der Waals surface area contributed by atoms with Gasteiger partial charge < -0.3 is 10.0 Å². The highest BCUT2D eigenvalue weighted by molar-refractivity contribution is 6.03. The molecule has 0 aromatic heterocycles. The van der Waals surface area contributed by atoms with Crippen LogP contribution in [0.3, 0.4) is 0 Å². The molecule has 0 bridgehead atoms. The average Bonchev–Trinajstić information content (AvgIpc) is 2.63. The SMILES string of the molecule is CCC1Cc2ccc(O)c3c2N(C1)C(=O)C3. The predicted octanol–water partition coefficient (Wildman–Crippen LogP) is 1.86. The first kappa shape index (κ1) is 9.70. The minimum atomic E-state index is 0.135. The molecule has 2 heterocycles. The van der Waals surface area contributed by atoms with Crippen LogP contribution >= 0.6 is 0 Å². The molecule has 3 nitrogen and oxygen atoms in total. The van der Waals surface area contributed by atoms with E-state index in [9.17, 15) is 9.90 Å². The van der Waals surface area contributed by atoms with Crippen molar-refractivity contribution < 1.29 is 9.90 Å². The van der Waals surface area contributed by atoms with Crippen LogP contribution in [0.1, 0.15) is 24.5 Å². The number of hydrogen-bond donors (Lipinski definition) is 1. The van der Waals surface area contributed by atoms with Crippen molar-refractivity contribution in [2.45, 2.75) is 26.2 Å². The molecule has 1 aromatic rings. The Bertz CT molecular complexity index is 467. The van der Waals surface area contributed by atoms with E-state index >= 15 is 0 Å². The van der Waals surface area contributed by atoms with Gasteiger partial charge in [0.15, 0.2) is 0 Å². The molecule has 84 valence electrons. The fourth-order valence-corrected chi connectivity index (χ4v) is 2.82. The molecule has 2 aliphatic heterocycles. The number of hydrogen-bond acceptors (Lipinski definition) is 2. The molecule has 0 saturated carbocycles. The third-order valence-corrected chi connectivity index (χ3v) is 3.77. The zero-order valence-electron chi connectivity index (χ0n) is 9.36. The molecule has 0 spiro atoms. The number of aromatic hydroxyl groups is 1. The van der Waals surface area contributed by atoms with Crippen LogP contribution in [-0.4, -0.2) is 17.6 Å². The third-order valence-electron chi connectivity index (χ3n) is 3.77. The molecule has 1 atom stereocenters. The van der Waals surface area contributed by atoms with Gasteiger partial charge in [-0.1, -0.05) is 19.4 Å². The van der Waals surface area contributed by atoms with Gasteiger partial charge in [0.05, 0.1) is 12.1 Å². The van der Waals surface area contributed by atoms with E-state index < -0.39 is 0 Å². The molecular formula is C13H15NO2. The second kappa shape index (κ2) is 3.24. The van der Waals surface area contributed by atoms with Crippen LogP contribution in [0.15, 0.2) is 12.1 Å². The molecule has 3 rings (SSSR count). The summed E-state index contributed by atoms with van der Waals surface area (Å²) >= 11 is 0. The number of phenolic OH excluding ortho intramolecular Hbond substituents is 1. The van der Waals surface area contributed by atoms with Crippen LogP contribution in [0.2, 0.25) is 0 Å². The lowest BCUT2D eigenvalue weighted by Crippen LogP contribution is -2.36. The number of carbonyl (C=O) groups is 1. The summed E-state index contributed by atoms with van der Waals surface area (Å²) in [4.78, 5) is 13.7. The second-order valence-electron chi connectivity index (χ2n) is 4.73. The van der Waals surface area contributed by atoms with Gasteiger partial charge in [0, 0.05) is 12.1 Å². The molecule has 1 amide bonds. The van der Waals surface area contributed by atoms with E-state index in [0.29, 0.717) is 12.3 Å². The summed E-state index contributed by atoms with van der Waals surface area (Å²) in [5.74, 6) is 0.965. The fourth-order valence-electron chi connectivity index (χ4n) is 2.82. The number of phenols is 1. The molecule has 0 saturated heterocycles. The van der Waals surface area contributed by atoms with Gasteiger partial charge in [-0.05, 0) is 24.0 Å². The van der Waals surface area contributed by atoms with Crippen molar-refractivity contribution in [3.05, 3.63) is 23.3 Å². The Balaban J connectivity index is 2.15. The van der Waals surface area contributed by atoms with E-state index in [1.165, 1.54) is 5.56 Å². The van der Waals surface area contributed by atoms with Crippen LogP contribution in [0.25, 0.3) is 0 Å². The second-order valence-corrected chi connectivity index (χ2v) is 4.73. The zero-order chi connectivity index (χ0) is 11.3. The highest BCUT2D eigenvalue weighted by atomic mass is 16.3. The van der Waals surface area contributed by atoms with Crippen molar-refractivity contribution in [1.82, 2.24) is 0 Å². The number of anilines is 1. The lowest BCUT2D eigenvalue weighted by Gasteiger charge is -2.31. The van der Waals surface area contributed by atoms with Gasteiger partial charge in [0.25, 0.3) is 0 Å². The largest absolute Gasteiger partial charge is 0.508 e. The Labute approximate surface area is 94.7 Å². The van der Waals surface area contributed by atoms with E-state index in [1.807, 2.05) is 11.0 Å². The van der Waals surface area contributed by atoms with Gasteiger partial charge >= 0.3 is 0 Å². The Kier molecular flexibility index (Phi) is 1.96. The summed E-state index contributed by atoms with van der Waals surface area (Å²) in [6.07, 6.45) is 2.49. The number of nitrogens with zero attached hydrogens (tertiary/aromatic N) is 1. The predicted molar refractivity (Wildman–Crippen MR) is 61.6 cm³/mol. The molecule has 0 aliphatic carbocycles. The van der Waals surface area contributed by atoms with Crippen molar-refractivity contribution in [2.75, 3.05) is 11.4 Å². The molecule has 16 heavy (non-hydrogen) atoms. The smallest absolute Gasteiger partial charge is 0.231 e. The van der Waals surface area contributed by atoms with Gasteiger partial charge in [0.2, 0.25) is 5.91 Å². The lowest BCUT2D eigenvalue weighted by atomic mass is 9.90. The average molecular weight is 217 g/mol. The maximum atomic E-state index is 11.9. The van der Waals surface area contributed by atoms with Gasteiger partial charge in [-0.15, -0.1) is 0 Å². The summed E-state index contributed by atoms with van der Waals surface area (Å²) in [6.45, 7) is 2.98. The summed E-state index contributed by atoms with van der Waals surface area (Å²) in [5.41, 5.74) is 3.04. The highest BCUT2D eigenvalue weighted by Crippen LogP contribution is 2.42. The minimum Gasteiger partial charge on any atom is -0.508 e. The maximum Gasteiger partial charge on any atom is 0.231 e. The first-order valence-electron chi connectivity index (χ1n) is 5.84. The summed E-state index contributed by atoms with van der Waals surface area (Å²) < 4.78 is 0. The van der Waals surface area contributed by atoms with Gasteiger partial charge in [0.1, 0.15) is 5.75 Å². The minimum absolute atomic E-state index is 0.135. The van der Waals surface area contributed by atoms with Crippen molar-refractivity contribution in [1.29, 1.82) is 0 Å². The highest BCUT2D eigenvalue weighted by Gasteiger charge is 2.36. The third kappa shape index (κ3) is 1.17.